The first kappa shape index (κ1) is 14.4. The minimum absolute atomic E-state index is 0.151. The van der Waals surface area contributed by atoms with Crippen LogP contribution in [0, 0.1) is 11.6 Å². The number of hydrogen-bond acceptors (Lipinski definition) is 0. The summed E-state index contributed by atoms with van der Waals surface area (Å²) >= 11 is 5.61. The van der Waals surface area contributed by atoms with E-state index >= 15 is 0 Å². The molecular weight excluding hydrogens is 242 g/mol. The summed E-state index contributed by atoms with van der Waals surface area (Å²) in [6.07, 6.45) is 4.97. The molecule has 0 saturated carbocycles. The molecule has 0 spiro atoms. The first-order chi connectivity index (χ1) is 8.11. The van der Waals surface area contributed by atoms with Gasteiger partial charge in [0.15, 0.2) is 0 Å². The Balaban J connectivity index is 2.97. The Hall–Kier alpha value is -0.630. The van der Waals surface area contributed by atoms with E-state index in [1.807, 2.05) is 0 Å². The maximum Gasteiger partial charge on any atom is 0.148 e. The highest BCUT2D eigenvalue weighted by molar-refractivity contribution is 6.30. The van der Waals surface area contributed by atoms with Gasteiger partial charge in [-0.05, 0) is 30.4 Å². The van der Waals surface area contributed by atoms with Crippen LogP contribution in [0.5, 0.6) is 0 Å². The summed E-state index contributed by atoms with van der Waals surface area (Å²) in [5.74, 6) is -1.11. The van der Waals surface area contributed by atoms with E-state index in [0.717, 1.165) is 32.1 Å². The number of unbranched alkanes of at least 4 members (excludes halogenated alkanes) is 1. The zero-order valence-electron chi connectivity index (χ0n) is 10.4. The third kappa shape index (κ3) is 3.67. The minimum atomic E-state index is -0.682. The minimum Gasteiger partial charge on any atom is -0.205 e. The van der Waals surface area contributed by atoms with Crippen molar-refractivity contribution in [3.63, 3.8) is 0 Å². The Morgan fingerprint density at radius 1 is 1.12 bits per heavy atom. The zero-order valence-corrected chi connectivity index (χ0v) is 11.2. The van der Waals surface area contributed by atoms with Crippen molar-refractivity contribution in [3.8, 4) is 0 Å². The molecule has 0 aromatic heterocycles. The lowest BCUT2D eigenvalue weighted by Gasteiger charge is -2.17. The van der Waals surface area contributed by atoms with Crippen molar-refractivity contribution in [2.75, 3.05) is 0 Å². The molecule has 0 aliphatic heterocycles. The van der Waals surface area contributed by atoms with Crippen LogP contribution in [0.15, 0.2) is 12.1 Å². The van der Waals surface area contributed by atoms with Crippen molar-refractivity contribution in [1.82, 2.24) is 0 Å². The number of benzene rings is 1. The molecule has 1 atom stereocenters. The topological polar surface area (TPSA) is 0 Å². The van der Waals surface area contributed by atoms with Gasteiger partial charge in [0.1, 0.15) is 16.7 Å². The van der Waals surface area contributed by atoms with E-state index in [0.29, 0.717) is 5.56 Å². The first-order valence-corrected chi connectivity index (χ1v) is 6.62. The van der Waals surface area contributed by atoms with Crippen LogP contribution in [0.4, 0.5) is 8.78 Å². The average molecular weight is 261 g/mol. The second-order valence-electron chi connectivity index (χ2n) is 4.39. The highest BCUT2D eigenvalue weighted by atomic mass is 35.5. The molecule has 0 radical (unpaired) electrons. The van der Waals surface area contributed by atoms with Gasteiger partial charge in [0.2, 0.25) is 0 Å². The van der Waals surface area contributed by atoms with E-state index in [9.17, 15) is 8.78 Å². The molecule has 0 N–H and O–H groups in total. The normalized spacial score (nSPS) is 12.8. The number of halogens is 3. The molecule has 0 fully saturated rings. The van der Waals surface area contributed by atoms with Gasteiger partial charge in [-0.2, -0.15) is 0 Å². The molecule has 1 unspecified atom stereocenters. The van der Waals surface area contributed by atoms with Crippen molar-refractivity contribution in [2.45, 2.75) is 51.9 Å². The molecule has 0 saturated heterocycles. The van der Waals surface area contributed by atoms with Crippen molar-refractivity contribution in [3.05, 3.63) is 34.4 Å². The summed E-state index contributed by atoms with van der Waals surface area (Å²) in [7, 11) is 0. The summed E-state index contributed by atoms with van der Waals surface area (Å²) in [5.41, 5.74) is 0.562. The summed E-state index contributed by atoms with van der Waals surface area (Å²) in [6, 6.07) is 2.79. The van der Waals surface area contributed by atoms with Crippen LogP contribution < -0.4 is 0 Å². The maximum atomic E-state index is 13.9. The van der Waals surface area contributed by atoms with Crippen LogP contribution in [-0.4, -0.2) is 0 Å². The number of rotatable bonds is 6. The lowest BCUT2D eigenvalue weighted by molar-refractivity contribution is 0.501. The molecule has 3 heteroatoms. The molecule has 0 amide bonds. The van der Waals surface area contributed by atoms with Crippen LogP contribution >= 0.6 is 11.6 Å². The van der Waals surface area contributed by atoms with E-state index < -0.39 is 11.6 Å². The van der Waals surface area contributed by atoms with Gasteiger partial charge < -0.3 is 0 Å². The SMILES string of the molecule is CCCCC(CCC)c1ccc(F)c(Cl)c1F. The van der Waals surface area contributed by atoms with E-state index in [1.54, 1.807) is 0 Å². The largest absolute Gasteiger partial charge is 0.205 e. The summed E-state index contributed by atoms with van der Waals surface area (Å²) in [5, 5.41) is -0.375. The van der Waals surface area contributed by atoms with Crippen molar-refractivity contribution in [1.29, 1.82) is 0 Å². The number of hydrogen-bond donors (Lipinski definition) is 0. The predicted molar refractivity (Wildman–Crippen MR) is 68.5 cm³/mol. The van der Waals surface area contributed by atoms with Crippen molar-refractivity contribution >= 4 is 11.6 Å². The molecular formula is C14H19ClF2. The first-order valence-electron chi connectivity index (χ1n) is 6.25. The van der Waals surface area contributed by atoms with Crippen molar-refractivity contribution < 1.29 is 8.78 Å². The molecule has 0 bridgehead atoms. The maximum absolute atomic E-state index is 13.9. The monoisotopic (exact) mass is 260 g/mol. The Labute approximate surface area is 107 Å². The van der Waals surface area contributed by atoms with Gasteiger partial charge >= 0.3 is 0 Å². The molecule has 96 valence electrons. The quantitative estimate of drug-likeness (QED) is 0.576. The standard InChI is InChI=1S/C14H19ClF2/c1-3-5-7-10(6-4-2)11-8-9-12(16)13(15)14(11)17/h8-10H,3-7H2,1-2H3. The second-order valence-corrected chi connectivity index (χ2v) is 4.77. The van der Waals surface area contributed by atoms with Crippen LogP contribution in [0.25, 0.3) is 0 Å². The van der Waals surface area contributed by atoms with Gasteiger partial charge in [0.05, 0.1) is 0 Å². The molecule has 0 nitrogen and oxygen atoms in total. The van der Waals surface area contributed by atoms with Gasteiger partial charge in [-0.3, -0.25) is 0 Å². The fourth-order valence-corrected chi connectivity index (χ4v) is 2.28. The van der Waals surface area contributed by atoms with Gasteiger partial charge in [-0.15, -0.1) is 0 Å². The van der Waals surface area contributed by atoms with E-state index in [4.69, 9.17) is 11.6 Å². The van der Waals surface area contributed by atoms with Gasteiger partial charge in [0, 0.05) is 0 Å². The van der Waals surface area contributed by atoms with E-state index in [-0.39, 0.29) is 10.9 Å². The van der Waals surface area contributed by atoms with Gasteiger partial charge in [-0.1, -0.05) is 50.8 Å². The van der Waals surface area contributed by atoms with Crippen LogP contribution in [-0.2, 0) is 0 Å². The van der Waals surface area contributed by atoms with E-state index in [1.165, 1.54) is 12.1 Å². The molecule has 1 rings (SSSR count). The molecule has 1 aromatic carbocycles. The third-order valence-electron chi connectivity index (χ3n) is 3.05. The summed E-state index contributed by atoms with van der Waals surface area (Å²) < 4.78 is 27.0. The molecule has 0 heterocycles. The highest BCUT2D eigenvalue weighted by Crippen LogP contribution is 2.32. The van der Waals surface area contributed by atoms with Crippen LogP contribution in [0.2, 0.25) is 5.02 Å². The fourth-order valence-electron chi connectivity index (χ4n) is 2.11. The third-order valence-corrected chi connectivity index (χ3v) is 3.39. The second kappa shape index (κ2) is 6.95. The lowest BCUT2D eigenvalue weighted by Crippen LogP contribution is -2.03. The molecule has 0 aliphatic rings. The Morgan fingerprint density at radius 3 is 2.41 bits per heavy atom. The molecule has 17 heavy (non-hydrogen) atoms. The Kier molecular flexibility index (Phi) is 5.90. The summed E-state index contributed by atoms with van der Waals surface area (Å²) in [4.78, 5) is 0. The Morgan fingerprint density at radius 2 is 1.82 bits per heavy atom. The highest BCUT2D eigenvalue weighted by Gasteiger charge is 2.18. The molecule has 0 aliphatic carbocycles. The predicted octanol–water partition coefficient (Wildman–Crippen LogP) is 5.69. The van der Waals surface area contributed by atoms with Gasteiger partial charge in [0.25, 0.3) is 0 Å². The molecule has 1 aromatic rings. The van der Waals surface area contributed by atoms with E-state index in [2.05, 4.69) is 13.8 Å². The zero-order chi connectivity index (χ0) is 12.8. The Bertz CT molecular complexity index is 363. The van der Waals surface area contributed by atoms with Crippen LogP contribution in [0.1, 0.15) is 57.4 Å². The smallest absolute Gasteiger partial charge is 0.148 e. The average Bonchev–Trinajstić information content (AvgIpc) is 2.32. The summed E-state index contributed by atoms with van der Waals surface area (Å²) in [6.45, 7) is 4.18. The lowest BCUT2D eigenvalue weighted by atomic mass is 9.89. The fraction of sp³-hybridized carbons (Fsp3) is 0.571. The van der Waals surface area contributed by atoms with Crippen LogP contribution in [0.3, 0.4) is 0 Å². The van der Waals surface area contributed by atoms with Crippen molar-refractivity contribution in [2.24, 2.45) is 0 Å². The van der Waals surface area contributed by atoms with Gasteiger partial charge in [-0.25, -0.2) is 8.78 Å².